The molecule has 0 saturated carbocycles. The quantitative estimate of drug-likeness (QED) is 0.715. The monoisotopic (exact) mass is 299 g/mol. The van der Waals surface area contributed by atoms with Crippen molar-refractivity contribution in [3.05, 3.63) is 22.4 Å². The Bertz CT molecular complexity index is 452. The predicted octanol–water partition coefficient (Wildman–Crippen LogP) is 0.533. The number of hydrogen-bond acceptors (Lipinski definition) is 5. The van der Waals surface area contributed by atoms with E-state index in [1.165, 1.54) is 11.3 Å². The van der Waals surface area contributed by atoms with Crippen LogP contribution in [-0.2, 0) is 4.74 Å². The van der Waals surface area contributed by atoms with Crippen LogP contribution in [0.15, 0.2) is 17.5 Å². The van der Waals surface area contributed by atoms with E-state index in [1.807, 2.05) is 17.5 Å². The number of aliphatic hydroxyl groups excluding tert-OH is 1. The molecule has 0 aromatic carbocycles. The number of imide groups is 1. The third-order valence-electron chi connectivity index (χ3n) is 2.81. The Hall–Kier alpha value is -1.64. The van der Waals surface area contributed by atoms with Crippen molar-refractivity contribution in [3.63, 3.8) is 0 Å². The summed E-state index contributed by atoms with van der Waals surface area (Å²) < 4.78 is 5.50. The number of nitrogens with one attached hydrogen (secondary N) is 2. The van der Waals surface area contributed by atoms with Crippen molar-refractivity contribution < 1.29 is 19.4 Å². The van der Waals surface area contributed by atoms with Crippen molar-refractivity contribution in [1.29, 1.82) is 0 Å². The first kappa shape index (κ1) is 14.8. The lowest BCUT2D eigenvalue weighted by molar-refractivity contribution is 0.0310. The van der Waals surface area contributed by atoms with Gasteiger partial charge in [0.05, 0.1) is 19.8 Å². The molecule has 1 aliphatic rings. The average Bonchev–Trinajstić information content (AvgIpc) is 3.10. The van der Waals surface area contributed by atoms with E-state index in [0.29, 0.717) is 13.1 Å². The number of carbonyl (C=O) groups is 2. The van der Waals surface area contributed by atoms with Crippen LogP contribution in [0.5, 0.6) is 0 Å². The van der Waals surface area contributed by atoms with Crippen molar-refractivity contribution in [3.8, 4) is 0 Å². The molecule has 1 aliphatic heterocycles. The van der Waals surface area contributed by atoms with Crippen molar-refractivity contribution in [2.75, 3.05) is 32.8 Å². The second-order valence-corrected chi connectivity index (χ2v) is 5.15. The topological polar surface area (TPSA) is 90.9 Å². The highest BCUT2D eigenvalue weighted by atomic mass is 32.1. The van der Waals surface area contributed by atoms with Crippen LogP contribution >= 0.6 is 11.3 Å². The number of nitrogens with zero attached hydrogens (tertiary/aromatic N) is 1. The number of hydrogen-bond donors (Lipinski definition) is 3. The van der Waals surface area contributed by atoms with Gasteiger partial charge in [-0.1, -0.05) is 6.07 Å². The van der Waals surface area contributed by atoms with Crippen LogP contribution in [0.3, 0.4) is 0 Å². The number of rotatable bonds is 6. The zero-order valence-electron chi connectivity index (χ0n) is 10.9. The van der Waals surface area contributed by atoms with Crippen molar-refractivity contribution in [2.24, 2.45) is 0 Å². The Morgan fingerprint density at radius 1 is 1.65 bits per heavy atom. The van der Waals surface area contributed by atoms with Crippen molar-refractivity contribution >= 4 is 23.4 Å². The van der Waals surface area contributed by atoms with Gasteiger partial charge < -0.3 is 20.5 Å². The fourth-order valence-electron chi connectivity index (χ4n) is 1.85. The molecule has 110 valence electrons. The van der Waals surface area contributed by atoms with Crippen LogP contribution in [-0.4, -0.2) is 54.9 Å². The fraction of sp³-hybridized carbons (Fsp3) is 0.500. The van der Waals surface area contributed by atoms with E-state index in [4.69, 9.17) is 9.84 Å². The van der Waals surface area contributed by atoms with Gasteiger partial charge in [0, 0.05) is 18.0 Å². The SMILES string of the molecule is O=C1NCCN1C(=O)NCC(OCCO)c1cccs1. The Labute approximate surface area is 120 Å². The predicted molar refractivity (Wildman–Crippen MR) is 73.6 cm³/mol. The number of urea groups is 2. The smallest absolute Gasteiger partial charge is 0.325 e. The molecule has 1 aromatic rings. The second-order valence-electron chi connectivity index (χ2n) is 4.17. The Balaban J connectivity index is 1.88. The molecule has 0 spiro atoms. The molecule has 0 radical (unpaired) electrons. The Morgan fingerprint density at radius 2 is 2.50 bits per heavy atom. The lowest BCUT2D eigenvalue weighted by Gasteiger charge is -2.19. The number of aliphatic hydroxyl groups is 1. The Kier molecular flexibility index (Phi) is 5.33. The number of amides is 4. The third kappa shape index (κ3) is 3.69. The lowest BCUT2D eigenvalue weighted by atomic mass is 10.3. The minimum absolute atomic E-state index is 0.0790. The third-order valence-corrected chi connectivity index (χ3v) is 3.78. The van der Waals surface area contributed by atoms with Crippen LogP contribution in [0.4, 0.5) is 9.59 Å². The van der Waals surface area contributed by atoms with Crippen LogP contribution in [0.1, 0.15) is 11.0 Å². The van der Waals surface area contributed by atoms with Crippen LogP contribution in [0, 0.1) is 0 Å². The molecule has 4 amide bonds. The molecular formula is C12H17N3O4S. The van der Waals surface area contributed by atoms with Gasteiger partial charge in [0.1, 0.15) is 6.10 Å². The summed E-state index contributed by atoms with van der Waals surface area (Å²) in [5.74, 6) is 0. The van der Waals surface area contributed by atoms with Crippen LogP contribution < -0.4 is 10.6 Å². The highest BCUT2D eigenvalue weighted by Crippen LogP contribution is 2.21. The van der Waals surface area contributed by atoms with E-state index < -0.39 is 6.03 Å². The van der Waals surface area contributed by atoms with Gasteiger partial charge >= 0.3 is 12.1 Å². The van der Waals surface area contributed by atoms with Gasteiger partial charge in [-0.15, -0.1) is 11.3 Å². The molecule has 0 aliphatic carbocycles. The van der Waals surface area contributed by atoms with E-state index in [2.05, 4.69) is 10.6 Å². The number of thiophene rings is 1. The molecule has 2 heterocycles. The number of ether oxygens (including phenoxy) is 1. The summed E-state index contributed by atoms with van der Waals surface area (Å²) in [6, 6.07) is 2.98. The van der Waals surface area contributed by atoms with Crippen LogP contribution in [0.25, 0.3) is 0 Å². The molecule has 1 saturated heterocycles. The maximum absolute atomic E-state index is 11.9. The minimum atomic E-state index is -0.436. The van der Waals surface area contributed by atoms with Gasteiger partial charge in [0.25, 0.3) is 0 Å². The first-order valence-corrected chi connectivity index (χ1v) is 7.19. The molecular weight excluding hydrogens is 282 g/mol. The summed E-state index contributed by atoms with van der Waals surface area (Å²) in [6.45, 7) is 1.21. The van der Waals surface area contributed by atoms with Gasteiger partial charge in [-0.25, -0.2) is 14.5 Å². The van der Waals surface area contributed by atoms with Gasteiger partial charge in [-0.05, 0) is 11.4 Å². The molecule has 3 N–H and O–H groups in total. The standard InChI is InChI=1S/C12H17N3O4S/c16-5-6-19-9(10-2-1-7-20-10)8-14-12(18)15-4-3-13-11(15)17/h1-2,7,9,16H,3-6,8H2,(H,13,17)(H,14,18). The molecule has 2 rings (SSSR count). The lowest BCUT2D eigenvalue weighted by Crippen LogP contribution is -2.43. The maximum atomic E-state index is 11.9. The summed E-state index contributed by atoms with van der Waals surface area (Å²) in [6.07, 6.45) is -0.322. The Morgan fingerprint density at radius 3 is 3.10 bits per heavy atom. The first-order chi connectivity index (χ1) is 9.72. The van der Waals surface area contributed by atoms with E-state index >= 15 is 0 Å². The summed E-state index contributed by atoms with van der Waals surface area (Å²) in [7, 11) is 0. The average molecular weight is 299 g/mol. The van der Waals surface area contributed by atoms with Gasteiger partial charge in [0.15, 0.2) is 0 Å². The van der Waals surface area contributed by atoms with E-state index in [0.717, 1.165) is 9.78 Å². The van der Waals surface area contributed by atoms with E-state index in [-0.39, 0.29) is 31.9 Å². The zero-order valence-corrected chi connectivity index (χ0v) is 11.7. The van der Waals surface area contributed by atoms with E-state index in [9.17, 15) is 9.59 Å². The summed E-state index contributed by atoms with van der Waals surface area (Å²) in [5, 5.41) is 16.0. The highest BCUT2D eigenvalue weighted by molar-refractivity contribution is 7.10. The fourth-order valence-corrected chi connectivity index (χ4v) is 2.63. The normalized spacial score (nSPS) is 16.1. The molecule has 1 fully saturated rings. The highest BCUT2D eigenvalue weighted by Gasteiger charge is 2.26. The minimum Gasteiger partial charge on any atom is -0.394 e. The van der Waals surface area contributed by atoms with Gasteiger partial charge in [-0.2, -0.15) is 0 Å². The van der Waals surface area contributed by atoms with Gasteiger partial charge in [-0.3, -0.25) is 0 Å². The largest absolute Gasteiger partial charge is 0.394 e. The molecule has 7 nitrogen and oxygen atoms in total. The molecule has 1 atom stereocenters. The number of carbonyl (C=O) groups excluding carboxylic acids is 2. The van der Waals surface area contributed by atoms with Crippen LogP contribution in [0.2, 0.25) is 0 Å². The van der Waals surface area contributed by atoms with Crippen molar-refractivity contribution in [2.45, 2.75) is 6.10 Å². The molecule has 20 heavy (non-hydrogen) atoms. The molecule has 8 heteroatoms. The zero-order chi connectivity index (χ0) is 14.4. The second kappa shape index (κ2) is 7.22. The molecule has 0 bridgehead atoms. The summed E-state index contributed by atoms with van der Waals surface area (Å²) in [5.41, 5.74) is 0. The molecule has 1 unspecified atom stereocenters. The van der Waals surface area contributed by atoms with E-state index in [1.54, 1.807) is 0 Å². The summed E-state index contributed by atoms with van der Waals surface area (Å²) >= 11 is 1.52. The van der Waals surface area contributed by atoms with Crippen molar-refractivity contribution in [1.82, 2.24) is 15.5 Å². The maximum Gasteiger partial charge on any atom is 0.325 e. The molecule has 1 aromatic heterocycles. The summed E-state index contributed by atoms with van der Waals surface area (Å²) in [4.78, 5) is 25.3. The van der Waals surface area contributed by atoms with Gasteiger partial charge in [0.2, 0.25) is 0 Å². The first-order valence-electron chi connectivity index (χ1n) is 6.31.